The summed E-state index contributed by atoms with van der Waals surface area (Å²) in [6, 6.07) is 21.2. The van der Waals surface area contributed by atoms with Crippen LogP contribution in [0.2, 0.25) is 0 Å². The van der Waals surface area contributed by atoms with Gasteiger partial charge in [0.2, 0.25) is 0 Å². The van der Waals surface area contributed by atoms with Crippen LogP contribution < -0.4 is 9.44 Å². The minimum absolute atomic E-state index is 0.0624. The van der Waals surface area contributed by atoms with Crippen molar-refractivity contribution in [2.24, 2.45) is 0 Å². The van der Waals surface area contributed by atoms with Crippen LogP contribution in [-0.4, -0.2) is 16.8 Å². The number of hydrogen-bond donors (Lipinski definition) is 2. The highest BCUT2D eigenvalue weighted by Gasteiger charge is 2.16. The van der Waals surface area contributed by atoms with Gasteiger partial charge < -0.3 is 0 Å². The van der Waals surface area contributed by atoms with Gasteiger partial charge in [0, 0.05) is 10.2 Å². The second-order valence-corrected chi connectivity index (χ2v) is 10.2. The summed E-state index contributed by atoms with van der Waals surface area (Å²) in [5.74, 6) is 0. The van der Waals surface area contributed by atoms with Crippen molar-refractivity contribution in [1.82, 2.24) is 0 Å². The summed E-state index contributed by atoms with van der Waals surface area (Å²) in [7, 11) is -7.69. The molecule has 150 valence electrons. The zero-order valence-electron chi connectivity index (χ0n) is 15.0. The molecule has 0 radical (unpaired) electrons. The van der Waals surface area contributed by atoms with Crippen molar-refractivity contribution in [2.75, 3.05) is 9.44 Å². The van der Waals surface area contributed by atoms with Gasteiger partial charge in [0.05, 0.1) is 16.0 Å². The summed E-state index contributed by atoms with van der Waals surface area (Å²) in [4.78, 5) is -0.0624. The number of hydrogen-bond acceptors (Lipinski definition) is 4. The summed E-state index contributed by atoms with van der Waals surface area (Å²) in [5.41, 5.74) is 1.26. The fraction of sp³-hybridized carbons (Fsp3) is 0. The molecule has 0 atom stereocenters. The standard InChI is InChI=1S/C20H17BrN2O4S2/c21-17-9-11-18(12-10-17)23-29(26,27)20-8-4-7-19(15-20)22-28(24,25)14-13-16-5-2-1-3-6-16/h1-15,22-23H/b14-13+. The highest BCUT2D eigenvalue weighted by molar-refractivity contribution is 9.10. The summed E-state index contributed by atoms with van der Waals surface area (Å²) >= 11 is 3.29. The van der Waals surface area contributed by atoms with Crippen molar-refractivity contribution in [2.45, 2.75) is 4.90 Å². The number of anilines is 2. The first-order valence-electron chi connectivity index (χ1n) is 8.38. The molecule has 9 heteroatoms. The largest absolute Gasteiger partial charge is 0.280 e. The quantitative estimate of drug-likeness (QED) is 0.501. The molecule has 0 aliphatic carbocycles. The summed E-state index contributed by atoms with van der Waals surface area (Å²) in [6.07, 6.45) is 1.46. The van der Waals surface area contributed by atoms with E-state index in [4.69, 9.17) is 0 Å². The van der Waals surface area contributed by atoms with Gasteiger partial charge in [-0.05, 0) is 54.1 Å². The zero-order chi connectivity index (χ0) is 20.9. The molecule has 0 aliphatic heterocycles. The minimum Gasteiger partial charge on any atom is -0.280 e. The van der Waals surface area contributed by atoms with Crippen LogP contribution in [0.25, 0.3) is 6.08 Å². The Balaban J connectivity index is 1.78. The fourth-order valence-electron chi connectivity index (χ4n) is 2.39. The lowest BCUT2D eigenvalue weighted by atomic mass is 10.2. The Bertz CT molecular complexity index is 1220. The number of halogens is 1. The first-order chi connectivity index (χ1) is 13.7. The molecule has 0 spiro atoms. The molecule has 0 amide bonds. The molecule has 0 saturated heterocycles. The summed E-state index contributed by atoms with van der Waals surface area (Å²) in [5, 5.41) is 1.03. The van der Waals surface area contributed by atoms with Crippen molar-refractivity contribution in [1.29, 1.82) is 0 Å². The maximum absolute atomic E-state index is 12.6. The van der Waals surface area contributed by atoms with Crippen LogP contribution in [0.3, 0.4) is 0 Å². The van der Waals surface area contributed by atoms with Gasteiger partial charge in [-0.15, -0.1) is 0 Å². The second kappa shape index (κ2) is 8.81. The van der Waals surface area contributed by atoms with Crippen molar-refractivity contribution < 1.29 is 16.8 Å². The van der Waals surface area contributed by atoms with Gasteiger partial charge in [-0.25, -0.2) is 16.8 Å². The van der Waals surface area contributed by atoms with Gasteiger partial charge in [-0.2, -0.15) is 0 Å². The molecule has 3 aromatic carbocycles. The van der Waals surface area contributed by atoms with Crippen molar-refractivity contribution in [3.05, 3.63) is 94.3 Å². The minimum atomic E-state index is -3.88. The highest BCUT2D eigenvalue weighted by Crippen LogP contribution is 2.21. The Morgan fingerprint density at radius 2 is 1.41 bits per heavy atom. The van der Waals surface area contributed by atoms with E-state index in [1.807, 2.05) is 6.07 Å². The lowest BCUT2D eigenvalue weighted by Gasteiger charge is -2.10. The van der Waals surface area contributed by atoms with E-state index in [2.05, 4.69) is 25.4 Å². The van der Waals surface area contributed by atoms with Crippen LogP contribution in [0, 0.1) is 0 Å². The third-order valence-electron chi connectivity index (χ3n) is 3.74. The van der Waals surface area contributed by atoms with Crippen LogP contribution in [0.15, 0.2) is 93.6 Å². The van der Waals surface area contributed by atoms with E-state index in [0.29, 0.717) is 5.69 Å². The zero-order valence-corrected chi connectivity index (χ0v) is 18.2. The predicted molar refractivity (Wildman–Crippen MR) is 119 cm³/mol. The van der Waals surface area contributed by atoms with Crippen LogP contribution >= 0.6 is 15.9 Å². The molecule has 6 nitrogen and oxygen atoms in total. The second-order valence-electron chi connectivity index (χ2n) is 6.00. The Hall–Kier alpha value is -2.62. The lowest BCUT2D eigenvalue weighted by molar-refractivity contribution is 0.600. The third-order valence-corrected chi connectivity index (χ3v) is 6.66. The van der Waals surface area contributed by atoms with Crippen molar-refractivity contribution >= 4 is 53.4 Å². The molecule has 0 aromatic heterocycles. The van der Waals surface area contributed by atoms with Gasteiger partial charge in [0.1, 0.15) is 0 Å². The van der Waals surface area contributed by atoms with Gasteiger partial charge in [-0.3, -0.25) is 9.44 Å². The molecule has 0 bridgehead atoms. The van der Waals surface area contributed by atoms with E-state index < -0.39 is 20.0 Å². The van der Waals surface area contributed by atoms with Crippen LogP contribution in [0.4, 0.5) is 11.4 Å². The molecular weight excluding hydrogens is 476 g/mol. The molecule has 3 rings (SSSR count). The molecule has 0 heterocycles. The van der Waals surface area contributed by atoms with Gasteiger partial charge in [0.25, 0.3) is 20.0 Å². The smallest absolute Gasteiger partial charge is 0.261 e. The maximum atomic E-state index is 12.6. The predicted octanol–water partition coefficient (Wildman–Crippen LogP) is 4.66. The monoisotopic (exact) mass is 492 g/mol. The van der Waals surface area contributed by atoms with E-state index in [1.165, 1.54) is 30.3 Å². The Labute approximate surface area is 178 Å². The van der Waals surface area contributed by atoms with E-state index in [-0.39, 0.29) is 10.6 Å². The fourth-order valence-corrected chi connectivity index (χ4v) is 4.62. The van der Waals surface area contributed by atoms with E-state index >= 15 is 0 Å². The molecule has 0 fully saturated rings. The van der Waals surface area contributed by atoms with E-state index in [9.17, 15) is 16.8 Å². The number of rotatable bonds is 7. The molecule has 0 saturated carbocycles. The molecule has 2 N–H and O–H groups in total. The Morgan fingerprint density at radius 3 is 2.10 bits per heavy atom. The van der Waals surface area contributed by atoms with Gasteiger partial charge in [-0.1, -0.05) is 52.3 Å². The molecule has 29 heavy (non-hydrogen) atoms. The van der Waals surface area contributed by atoms with E-state index in [0.717, 1.165) is 15.4 Å². The highest BCUT2D eigenvalue weighted by atomic mass is 79.9. The molecule has 3 aromatic rings. The first kappa shape index (κ1) is 21.1. The number of nitrogens with one attached hydrogen (secondary N) is 2. The average Bonchev–Trinajstić information content (AvgIpc) is 2.69. The summed E-state index contributed by atoms with van der Waals surface area (Å²) < 4.78 is 55.4. The SMILES string of the molecule is O=S(=O)(/C=C/c1ccccc1)Nc1cccc(S(=O)(=O)Nc2ccc(Br)cc2)c1. The van der Waals surface area contributed by atoms with Gasteiger partial charge >= 0.3 is 0 Å². The average molecular weight is 493 g/mol. The molecule has 0 unspecified atom stereocenters. The Morgan fingerprint density at radius 1 is 0.724 bits per heavy atom. The van der Waals surface area contributed by atoms with Crippen molar-refractivity contribution in [3.63, 3.8) is 0 Å². The van der Waals surface area contributed by atoms with Crippen molar-refractivity contribution in [3.8, 4) is 0 Å². The molecular formula is C20H17BrN2O4S2. The van der Waals surface area contributed by atoms with Crippen LogP contribution in [0.1, 0.15) is 5.56 Å². The Kier molecular flexibility index (Phi) is 6.41. The van der Waals surface area contributed by atoms with E-state index in [1.54, 1.807) is 48.5 Å². The number of sulfonamides is 2. The lowest BCUT2D eigenvalue weighted by Crippen LogP contribution is -2.14. The topological polar surface area (TPSA) is 92.3 Å². The third kappa shape index (κ3) is 6.18. The van der Waals surface area contributed by atoms with Gasteiger partial charge in [0.15, 0.2) is 0 Å². The number of benzene rings is 3. The maximum Gasteiger partial charge on any atom is 0.261 e. The van der Waals surface area contributed by atoms with Crippen LogP contribution in [0.5, 0.6) is 0 Å². The van der Waals surface area contributed by atoms with Crippen LogP contribution in [-0.2, 0) is 20.0 Å². The molecule has 0 aliphatic rings. The summed E-state index contributed by atoms with van der Waals surface area (Å²) in [6.45, 7) is 0. The first-order valence-corrected chi connectivity index (χ1v) is 12.2. The normalized spacial score (nSPS) is 12.0.